The van der Waals surface area contributed by atoms with Gasteiger partial charge in [0.2, 0.25) is 0 Å². The van der Waals surface area contributed by atoms with Crippen molar-refractivity contribution in [3.8, 4) is 10.6 Å². The number of aromatic amines is 1. The van der Waals surface area contributed by atoms with Crippen molar-refractivity contribution in [3.05, 3.63) is 41.0 Å². The van der Waals surface area contributed by atoms with E-state index >= 15 is 0 Å². The number of H-pyrrole nitrogens is 1. The van der Waals surface area contributed by atoms with Crippen molar-refractivity contribution in [2.75, 3.05) is 0 Å². The van der Waals surface area contributed by atoms with Crippen LogP contribution in [0.4, 0.5) is 0 Å². The Balaban J connectivity index is 2.11. The molecule has 96 valence electrons. The summed E-state index contributed by atoms with van der Waals surface area (Å²) in [5.74, 6) is -0.854. The normalized spacial score (nSPS) is 11.0. The monoisotopic (exact) mass is 272 g/mol. The van der Waals surface area contributed by atoms with Crippen LogP contribution < -0.4 is 0 Å². The van der Waals surface area contributed by atoms with E-state index in [1.165, 1.54) is 11.3 Å². The second-order valence-electron chi connectivity index (χ2n) is 4.39. The van der Waals surface area contributed by atoms with Crippen LogP contribution in [-0.4, -0.2) is 21.0 Å². The van der Waals surface area contributed by atoms with Gasteiger partial charge < -0.3 is 10.1 Å². The molecule has 0 aliphatic heterocycles. The van der Waals surface area contributed by atoms with Gasteiger partial charge >= 0.3 is 5.97 Å². The van der Waals surface area contributed by atoms with Gasteiger partial charge in [-0.25, -0.2) is 4.98 Å². The summed E-state index contributed by atoms with van der Waals surface area (Å²) in [5, 5.41) is 12.6. The molecule has 0 spiro atoms. The number of benzene rings is 1. The first-order chi connectivity index (χ1) is 9.15. The molecule has 0 unspecified atom stereocenters. The molecule has 4 nitrogen and oxygen atoms in total. The van der Waals surface area contributed by atoms with E-state index in [0.29, 0.717) is 5.69 Å². The largest absolute Gasteiger partial charge is 0.481 e. The van der Waals surface area contributed by atoms with Gasteiger partial charge in [0.25, 0.3) is 0 Å². The number of aromatic nitrogens is 2. The van der Waals surface area contributed by atoms with Crippen LogP contribution >= 0.6 is 11.3 Å². The number of carbonyl (C=O) groups is 1. The summed E-state index contributed by atoms with van der Waals surface area (Å²) in [6.07, 6.45) is -0.0299. The molecule has 0 bridgehead atoms. The summed E-state index contributed by atoms with van der Waals surface area (Å²) in [4.78, 5) is 18.4. The molecule has 0 amide bonds. The number of hydrogen-bond acceptors (Lipinski definition) is 3. The first-order valence-electron chi connectivity index (χ1n) is 5.89. The molecule has 0 saturated heterocycles. The molecule has 0 aliphatic rings. The van der Waals surface area contributed by atoms with Gasteiger partial charge in [0.15, 0.2) is 0 Å². The second-order valence-corrected chi connectivity index (χ2v) is 5.24. The van der Waals surface area contributed by atoms with Gasteiger partial charge in [0, 0.05) is 27.5 Å². The highest BCUT2D eigenvalue weighted by Crippen LogP contribution is 2.33. The molecule has 0 radical (unpaired) electrons. The highest BCUT2D eigenvalue weighted by atomic mass is 32.1. The molecule has 0 aliphatic carbocycles. The highest BCUT2D eigenvalue weighted by Gasteiger charge is 2.14. The number of aryl methyl sites for hydroxylation is 1. The van der Waals surface area contributed by atoms with Crippen molar-refractivity contribution < 1.29 is 9.90 Å². The van der Waals surface area contributed by atoms with Crippen LogP contribution in [0.1, 0.15) is 11.4 Å². The highest BCUT2D eigenvalue weighted by molar-refractivity contribution is 7.13. The zero-order chi connectivity index (χ0) is 13.4. The van der Waals surface area contributed by atoms with Crippen LogP contribution in [0.15, 0.2) is 29.6 Å². The number of rotatable bonds is 3. The molecule has 0 saturated carbocycles. The summed E-state index contributed by atoms with van der Waals surface area (Å²) in [7, 11) is 0. The molecule has 5 heteroatoms. The van der Waals surface area contributed by atoms with E-state index in [2.05, 4.69) is 9.97 Å². The Morgan fingerprint density at radius 3 is 3.00 bits per heavy atom. The molecule has 2 aromatic heterocycles. The van der Waals surface area contributed by atoms with Crippen LogP contribution in [0.3, 0.4) is 0 Å². The van der Waals surface area contributed by atoms with Crippen LogP contribution in [0.25, 0.3) is 21.5 Å². The van der Waals surface area contributed by atoms with Gasteiger partial charge in [0.1, 0.15) is 5.01 Å². The van der Waals surface area contributed by atoms with Gasteiger partial charge in [-0.15, -0.1) is 11.3 Å². The summed E-state index contributed by atoms with van der Waals surface area (Å²) in [6, 6.07) is 8.05. The SMILES string of the molecule is Cc1[nH]c2ccccc2c1-c1nc(CC(=O)O)cs1. The molecular weight excluding hydrogens is 260 g/mol. The Hall–Kier alpha value is -2.14. The lowest BCUT2D eigenvalue weighted by atomic mass is 10.1. The fraction of sp³-hybridized carbons (Fsp3) is 0.143. The minimum Gasteiger partial charge on any atom is -0.481 e. The lowest BCUT2D eigenvalue weighted by molar-refractivity contribution is -0.136. The first-order valence-corrected chi connectivity index (χ1v) is 6.77. The first kappa shape index (κ1) is 11.9. The lowest BCUT2D eigenvalue weighted by Gasteiger charge is -1.96. The minimum absolute atomic E-state index is 0.0299. The van der Waals surface area contributed by atoms with Crippen LogP contribution in [-0.2, 0) is 11.2 Å². The average molecular weight is 272 g/mol. The fourth-order valence-corrected chi connectivity index (χ4v) is 3.14. The summed E-state index contributed by atoms with van der Waals surface area (Å²) in [6.45, 7) is 2.01. The quantitative estimate of drug-likeness (QED) is 0.769. The predicted molar refractivity (Wildman–Crippen MR) is 75.5 cm³/mol. The number of carboxylic acid groups (broad SMARTS) is 1. The van der Waals surface area contributed by atoms with E-state index in [0.717, 1.165) is 27.2 Å². The van der Waals surface area contributed by atoms with Crippen molar-refractivity contribution in [1.82, 2.24) is 9.97 Å². The van der Waals surface area contributed by atoms with Gasteiger partial charge in [0.05, 0.1) is 12.1 Å². The molecule has 1 aromatic carbocycles. The zero-order valence-corrected chi connectivity index (χ0v) is 11.1. The Morgan fingerprint density at radius 1 is 1.42 bits per heavy atom. The smallest absolute Gasteiger partial charge is 0.309 e. The van der Waals surface area contributed by atoms with Crippen LogP contribution in [0.2, 0.25) is 0 Å². The van der Waals surface area contributed by atoms with E-state index in [9.17, 15) is 4.79 Å². The molecular formula is C14H12N2O2S. The number of nitrogens with one attached hydrogen (secondary N) is 1. The molecule has 0 atom stereocenters. The minimum atomic E-state index is -0.854. The standard InChI is InChI=1S/C14H12N2O2S/c1-8-13(10-4-2-3-5-11(10)15-8)14-16-9(7-19-14)6-12(17)18/h2-5,7,15H,6H2,1H3,(H,17,18). The van der Waals surface area contributed by atoms with Gasteiger partial charge in [-0.05, 0) is 13.0 Å². The van der Waals surface area contributed by atoms with Crippen LogP contribution in [0, 0.1) is 6.92 Å². The third kappa shape index (κ3) is 2.13. The van der Waals surface area contributed by atoms with Crippen molar-refractivity contribution in [1.29, 1.82) is 0 Å². The molecule has 2 N–H and O–H groups in total. The van der Waals surface area contributed by atoms with Crippen molar-refractivity contribution >= 4 is 28.2 Å². The second kappa shape index (κ2) is 4.51. The Labute approximate surface area is 113 Å². The van der Waals surface area contributed by atoms with Gasteiger partial charge in [-0.1, -0.05) is 18.2 Å². The number of nitrogens with zero attached hydrogens (tertiary/aromatic N) is 1. The number of thiazole rings is 1. The van der Waals surface area contributed by atoms with E-state index in [1.807, 2.05) is 36.6 Å². The third-order valence-corrected chi connectivity index (χ3v) is 3.90. The molecule has 0 fully saturated rings. The molecule has 3 rings (SSSR count). The summed E-state index contributed by atoms with van der Waals surface area (Å²) in [5.41, 5.74) is 3.80. The lowest BCUT2D eigenvalue weighted by Crippen LogP contribution is -1.99. The summed E-state index contributed by atoms with van der Waals surface area (Å²) >= 11 is 1.48. The Kier molecular flexibility index (Phi) is 2.83. The zero-order valence-electron chi connectivity index (χ0n) is 10.3. The number of fused-ring (bicyclic) bond motifs is 1. The third-order valence-electron chi connectivity index (χ3n) is 2.99. The molecule has 19 heavy (non-hydrogen) atoms. The summed E-state index contributed by atoms with van der Waals surface area (Å²) < 4.78 is 0. The van der Waals surface area contributed by atoms with Crippen molar-refractivity contribution in [2.45, 2.75) is 13.3 Å². The van der Waals surface area contributed by atoms with E-state index in [4.69, 9.17) is 5.11 Å². The van der Waals surface area contributed by atoms with Crippen molar-refractivity contribution in [3.63, 3.8) is 0 Å². The Morgan fingerprint density at radius 2 is 2.21 bits per heavy atom. The average Bonchev–Trinajstić information content (AvgIpc) is 2.91. The van der Waals surface area contributed by atoms with E-state index < -0.39 is 5.97 Å². The number of carboxylic acids is 1. The fourth-order valence-electron chi connectivity index (χ4n) is 2.21. The molecule has 2 heterocycles. The van der Waals surface area contributed by atoms with E-state index in [-0.39, 0.29) is 6.42 Å². The van der Waals surface area contributed by atoms with Crippen molar-refractivity contribution in [2.24, 2.45) is 0 Å². The predicted octanol–water partition coefficient (Wildman–Crippen LogP) is 3.23. The number of hydrogen-bond donors (Lipinski definition) is 2. The Bertz CT molecular complexity index is 758. The maximum atomic E-state index is 10.7. The van der Waals surface area contributed by atoms with Gasteiger partial charge in [-0.2, -0.15) is 0 Å². The maximum Gasteiger partial charge on any atom is 0.309 e. The number of para-hydroxylation sites is 1. The maximum absolute atomic E-state index is 10.7. The van der Waals surface area contributed by atoms with Gasteiger partial charge in [-0.3, -0.25) is 4.79 Å². The van der Waals surface area contributed by atoms with E-state index in [1.54, 1.807) is 0 Å². The molecule has 3 aromatic rings. The topological polar surface area (TPSA) is 66.0 Å². The van der Waals surface area contributed by atoms with Crippen LogP contribution in [0.5, 0.6) is 0 Å². The number of aliphatic carboxylic acids is 1.